The average Bonchev–Trinajstić information content (AvgIpc) is 3.20. The number of benzene rings is 1. The van der Waals surface area contributed by atoms with Crippen LogP contribution in [0.3, 0.4) is 0 Å². The molecule has 0 saturated carbocycles. The van der Waals surface area contributed by atoms with E-state index in [4.69, 9.17) is 9.47 Å². The molecule has 1 N–H and O–H groups in total. The normalized spacial score (nSPS) is 15.0. The van der Waals surface area contributed by atoms with Crippen molar-refractivity contribution in [2.75, 3.05) is 26.8 Å². The summed E-state index contributed by atoms with van der Waals surface area (Å²) in [5.74, 6) is 1.61. The van der Waals surface area contributed by atoms with Crippen LogP contribution in [0.2, 0.25) is 0 Å². The fraction of sp³-hybridized carbons (Fsp3) is 0.368. The zero-order valence-corrected chi connectivity index (χ0v) is 14.4. The lowest BCUT2D eigenvalue weighted by Crippen LogP contribution is -2.38. The van der Waals surface area contributed by atoms with E-state index in [-0.39, 0.29) is 5.91 Å². The first kappa shape index (κ1) is 17.1. The summed E-state index contributed by atoms with van der Waals surface area (Å²) in [6.07, 6.45) is 5.27. The van der Waals surface area contributed by atoms with Gasteiger partial charge in [-0.25, -0.2) is 0 Å². The first-order valence-electron chi connectivity index (χ1n) is 8.43. The molecule has 0 radical (unpaired) electrons. The van der Waals surface area contributed by atoms with Crippen molar-refractivity contribution in [3.63, 3.8) is 0 Å². The molecule has 6 nitrogen and oxygen atoms in total. The molecule has 0 bridgehead atoms. The Balaban J connectivity index is 1.71. The molecule has 1 amide bonds. The maximum Gasteiger partial charge on any atom is 0.257 e. The van der Waals surface area contributed by atoms with Gasteiger partial charge in [0.1, 0.15) is 18.1 Å². The molecule has 6 heteroatoms. The summed E-state index contributed by atoms with van der Waals surface area (Å²) in [6, 6.07) is 7.30. The number of hydrogen-bond donors (Lipinski definition) is 1. The Morgan fingerprint density at radius 2 is 2.20 bits per heavy atom. The van der Waals surface area contributed by atoms with Gasteiger partial charge in [0.2, 0.25) is 0 Å². The zero-order chi connectivity index (χ0) is 17.6. The Kier molecular flexibility index (Phi) is 5.38. The van der Waals surface area contributed by atoms with Gasteiger partial charge in [-0.15, -0.1) is 0 Å². The summed E-state index contributed by atoms with van der Waals surface area (Å²) in [5.41, 5.74) is 1.70. The molecule has 2 heterocycles. The van der Waals surface area contributed by atoms with E-state index in [0.717, 1.165) is 31.6 Å². The number of hydrogen-bond acceptors (Lipinski definition) is 4. The minimum absolute atomic E-state index is 0.00947. The number of carbonyl (C=O) groups is 1. The summed E-state index contributed by atoms with van der Waals surface area (Å²) < 4.78 is 10.9. The molecule has 132 valence electrons. The van der Waals surface area contributed by atoms with E-state index in [1.165, 1.54) is 0 Å². The van der Waals surface area contributed by atoms with Gasteiger partial charge in [0.05, 0.1) is 12.7 Å². The molecule has 25 heavy (non-hydrogen) atoms. The number of H-pyrrole nitrogens is 1. The quantitative estimate of drug-likeness (QED) is 0.820. The van der Waals surface area contributed by atoms with Crippen molar-refractivity contribution < 1.29 is 14.3 Å². The molecular formula is C19H23N3O3. The molecule has 0 spiro atoms. The van der Waals surface area contributed by atoms with E-state index in [1.807, 2.05) is 11.0 Å². The molecule has 0 atom stereocenters. The number of nitrogens with one attached hydrogen (secondary N) is 1. The fourth-order valence-corrected chi connectivity index (χ4v) is 3.13. The van der Waals surface area contributed by atoms with Crippen LogP contribution in [0.25, 0.3) is 0 Å². The highest BCUT2D eigenvalue weighted by molar-refractivity contribution is 5.97. The molecule has 0 aliphatic carbocycles. The van der Waals surface area contributed by atoms with E-state index < -0.39 is 0 Å². The Labute approximate surface area is 147 Å². The Bertz CT molecular complexity index is 720. The fourth-order valence-electron chi connectivity index (χ4n) is 3.13. The van der Waals surface area contributed by atoms with Crippen LogP contribution in [0.15, 0.2) is 43.1 Å². The third-order valence-corrected chi connectivity index (χ3v) is 4.52. The first-order valence-corrected chi connectivity index (χ1v) is 8.43. The second kappa shape index (κ2) is 7.88. The molecule has 2 aromatic rings. The van der Waals surface area contributed by atoms with E-state index in [9.17, 15) is 4.79 Å². The highest BCUT2D eigenvalue weighted by atomic mass is 16.5. The molecule has 1 aromatic heterocycles. The van der Waals surface area contributed by atoms with Crippen LogP contribution in [-0.4, -0.2) is 47.8 Å². The van der Waals surface area contributed by atoms with Crippen molar-refractivity contribution in [1.29, 1.82) is 0 Å². The average molecular weight is 341 g/mol. The molecule has 3 rings (SSSR count). The molecule has 0 unspecified atom stereocenters. The van der Waals surface area contributed by atoms with Gasteiger partial charge in [0.25, 0.3) is 5.91 Å². The second-order valence-electron chi connectivity index (χ2n) is 6.04. The molecule has 1 aliphatic rings. The van der Waals surface area contributed by atoms with Gasteiger partial charge in [-0.1, -0.05) is 12.7 Å². The number of amides is 1. The third-order valence-electron chi connectivity index (χ3n) is 4.52. The number of piperidine rings is 1. The molecule has 1 fully saturated rings. The standard InChI is InChI=1S/C19H23N3O3/c1-3-12-25-18-13-15(24-2)4-5-16(18)19(23)22-10-7-14(8-11-22)17-6-9-20-21-17/h3-6,9,13-14H,1,7-8,10-12H2,2H3,(H,20,21). The lowest BCUT2D eigenvalue weighted by atomic mass is 9.93. The lowest BCUT2D eigenvalue weighted by molar-refractivity contribution is 0.0708. The van der Waals surface area contributed by atoms with E-state index in [0.29, 0.717) is 29.6 Å². The van der Waals surface area contributed by atoms with Gasteiger partial charge >= 0.3 is 0 Å². The lowest BCUT2D eigenvalue weighted by Gasteiger charge is -2.32. The monoisotopic (exact) mass is 341 g/mol. The van der Waals surface area contributed by atoms with Gasteiger partial charge in [0.15, 0.2) is 0 Å². The predicted molar refractivity (Wildman–Crippen MR) is 95.2 cm³/mol. The van der Waals surface area contributed by atoms with Crippen LogP contribution in [-0.2, 0) is 0 Å². The predicted octanol–water partition coefficient (Wildman–Crippen LogP) is 3.00. The van der Waals surface area contributed by atoms with Gasteiger partial charge in [-0.05, 0) is 31.0 Å². The van der Waals surface area contributed by atoms with E-state index in [1.54, 1.807) is 37.6 Å². The largest absolute Gasteiger partial charge is 0.497 e. The number of ether oxygens (including phenoxy) is 2. The highest BCUT2D eigenvalue weighted by Gasteiger charge is 2.27. The summed E-state index contributed by atoms with van der Waals surface area (Å²) in [6.45, 7) is 5.43. The van der Waals surface area contributed by atoms with Gasteiger partial charge < -0.3 is 14.4 Å². The number of nitrogens with zero attached hydrogens (tertiary/aromatic N) is 2. The number of likely N-dealkylation sites (tertiary alicyclic amines) is 1. The number of aromatic amines is 1. The maximum absolute atomic E-state index is 12.9. The third kappa shape index (κ3) is 3.84. The van der Waals surface area contributed by atoms with Gasteiger partial charge in [-0.2, -0.15) is 5.10 Å². The molecule has 1 aromatic carbocycles. The Morgan fingerprint density at radius 1 is 1.40 bits per heavy atom. The number of carbonyl (C=O) groups excluding carboxylic acids is 1. The van der Waals surface area contributed by atoms with E-state index in [2.05, 4.69) is 16.8 Å². The number of methoxy groups -OCH3 is 1. The minimum Gasteiger partial charge on any atom is -0.497 e. The van der Waals surface area contributed by atoms with Crippen molar-refractivity contribution in [3.05, 3.63) is 54.4 Å². The van der Waals surface area contributed by atoms with Crippen LogP contribution in [0.4, 0.5) is 0 Å². The van der Waals surface area contributed by atoms with Crippen LogP contribution in [0.5, 0.6) is 11.5 Å². The van der Waals surface area contributed by atoms with Gasteiger partial charge in [-0.3, -0.25) is 9.89 Å². The van der Waals surface area contributed by atoms with Crippen LogP contribution < -0.4 is 9.47 Å². The van der Waals surface area contributed by atoms with Crippen LogP contribution >= 0.6 is 0 Å². The van der Waals surface area contributed by atoms with Crippen molar-refractivity contribution >= 4 is 5.91 Å². The van der Waals surface area contributed by atoms with Crippen molar-refractivity contribution in [3.8, 4) is 11.5 Å². The maximum atomic E-state index is 12.9. The minimum atomic E-state index is -0.00947. The summed E-state index contributed by atoms with van der Waals surface area (Å²) in [4.78, 5) is 14.8. The molecule has 1 aliphatic heterocycles. The SMILES string of the molecule is C=CCOc1cc(OC)ccc1C(=O)N1CCC(c2ccn[nH]2)CC1. The van der Waals surface area contributed by atoms with Crippen LogP contribution in [0, 0.1) is 0 Å². The smallest absolute Gasteiger partial charge is 0.257 e. The van der Waals surface area contributed by atoms with Crippen LogP contribution in [0.1, 0.15) is 34.8 Å². The molecule has 1 saturated heterocycles. The Hall–Kier alpha value is -2.76. The van der Waals surface area contributed by atoms with Gasteiger partial charge in [0, 0.05) is 37.0 Å². The van der Waals surface area contributed by atoms with Crippen molar-refractivity contribution in [2.24, 2.45) is 0 Å². The van der Waals surface area contributed by atoms with E-state index >= 15 is 0 Å². The molecular weight excluding hydrogens is 318 g/mol. The van der Waals surface area contributed by atoms with Crippen molar-refractivity contribution in [2.45, 2.75) is 18.8 Å². The van der Waals surface area contributed by atoms with Crippen molar-refractivity contribution in [1.82, 2.24) is 15.1 Å². The topological polar surface area (TPSA) is 67.5 Å². The first-order chi connectivity index (χ1) is 12.2. The highest BCUT2D eigenvalue weighted by Crippen LogP contribution is 2.30. The number of rotatable bonds is 6. The second-order valence-corrected chi connectivity index (χ2v) is 6.04. The zero-order valence-electron chi connectivity index (χ0n) is 14.4. The number of aromatic nitrogens is 2. The summed E-state index contributed by atoms with van der Waals surface area (Å²) in [5, 5.41) is 7.04. The summed E-state index contributed by atoms with van der Waals surface area (Å²) in [7, 11) is 1.59. The summed E-state index contributed by atoms with van der Waals surface area (Å²) >= 11 is 0. The Morgan fingerprint density at radius 3 is 2.84 bits per heavy atom.